The largest absolute Gasteiger partial charge is 0.396 e. The first kappa shape index (κ1) is 15.0. The Kier molecular flexibility index (Phi) is 5.59. The minimum Gasteiger partial charge on any atom is -0.396 e. The van der Waals surface area contributed by atoms with Gasteiger partial charge in [0, 0.05) is 38.0 Å². The van der Waals surface area contributed by atoms with Crippen LogP contribution in [0.5, 0.6) is 0 Å². The van der Waals surface area contributed by atoms with Crippen molar-refractivity contribution >= 4 is 11.8 Å². The first-order valence-electron chi connectivity index (χ1n) is 7.68. The third-order valence-corrected chi connectivity index (χ3v) is 3.74. The first-order valence-corrected chi connectivity index (χ1v) is 7.68. The number of hydrogen-bond acceptors (Lipinski definition) is 5. The highest BCUT2D eigenvalue weighted by Gasteiger charge is 2.21. The summed E-state index contributed by atoms with van der Waals surface area (Å²) in [5, 5.41) is 12.7. The van der Waals surface area contributed by atoms with Gasteiger partial charge in [-0.2, -0.15) is 4.98 Å². The van der Waals surface area contributed by atoms with Gasteiger partial charge in [0.25, 0.3) is 0 Å². The van der Waals surface area contributed by atoms with Gasteiger partial charge in [-0.15, -0.1) is 0 Å². The minimum absolute atomic E-state index is 0.254. The summed E-state index contributed by atoms with van der Waals surface area (Å²) in [6.07, 6.45) is 4.52. The molecule has 2 rings (SSSR count). The van der Waals surface area contributed by atoms with Gasteiger partial charge in [0.1, 0.15) is 5.82 Å². The van der Waals surface area contributed by atoms with Crippen molar-refractivity contribution in [3.63, 3.8) is 0 Å². The first-order chi connectivity index (χ1) is 9.72. The van der Waals surface area contributed by atoms with Gasteiger partial charge in [0.15, 0.2) is 0 Å². The Balaban J connectivity index is 2.06. The van der Waals surface area contributed by atoms with E-state index >= 15 is 0 Å². The smallest absolute Gasteiger partial charge is 0.227 e. The third kappa shape index (κ3) is 4.07. The molecule has 1 fully saturated rings. The Hall–Kier alpha value is -1.36. The second kappa shape index (κ2) is 7.43. The van der Waals surface area contributed by atoms with E-state index in [1.165, 1.54) is 6.42 Å². The highest BCUT2D eigenvalue weighted by Crippen LogP contribution is 2.21. The van der Waals surface area contributed by atoms with Crippen LogP contribution in [0.3, 0.4) is 0 Å². The third-order valence-electron chi connectivity index (χ3n) is 3.74. The predicted octanol–water partition coefficient (Wildman–Crippen LogP) is 2.21. The van der Waals surface area contributed by atoms with Crippen LogP contribution in [0.15, 0.2) is 6.07 Å². The van der Waals surface area contributed by atoms with Gasteiger partial charge in [-0.05, 0) is 32.1 Å². The maximum atomic E-state index is 9.33. The lowest BCUT2D eigenvalue weighted by molar-refractivity contribution is 0.208. The van der Waals surface area contributed by atoms with Crippen molar-refractivity contribution in [1.29, 1.82) is 0 Å². The topological polar surface area (TPSA) is 61.3 Å². The maximum Gasteiger partial charge on any atom is 0.227 e. The number of piperidine rings is 1. The molecular weight excluding hydrogens is 252 g/mol. The molecule has 0 aromatic carbocycles. The monoisotopic (exact) mass is 278 g/mol. The fraction of sp³-hybridized carbons (Fsp3) is 0.733. The lowest BCUT2D eigenvalue weighted by Gasteiger charge is -2.32. The van der Waals surface area contributed by atoms with E-state index in [0.717, 1.165) is 56.4 Å². The summed E-state index contributed by atoms with van der Waals surface area (Å²) in [6.45, 7) is 7.23. The molecule has 2 heterocycles. The molecule has 0 bridgehead atoms. The predicted molar refractivity (Wildman–Crippen MR) is 82.2 cm³/mol. The van der Waals surface area contributed by atoms with E-state index in [0.29, 0.717) is 5.92 Å². The van der Waals surface area contributed by atoms with Crippen molar-refractivity contribution in [2.45, 2.75) is 39.5 Å². The van der Waals surface area contributed by atoms with Crippen LogP contribution in [0, 0.1) is 12.8 Å². The number of aliphatic hydroxyl groups is 1. The standard InChI is InChI=1S/C15H26N4O/c1-3-4-7-16-14-9-12(2)17-15(18-14)19-8-5-6-13(10-19)11-20/h9,13,20H,3-8,10-11H2,1-2H3,(H,16,17,18). The number of aryl methyl sites for hydroxylation is 1. The van der Waals surface area contributed by atoms with E-state index in [1.807, 2.05) is 13.0 Å². The molecule has 5 heteroatoms. The zero-order valence-electron chi connectivity index (χ0n) is 12.6. The van der Waals surface area contributed by atoms with Gasteiger partial charge >= 0.3 is 0 Å². The van der Waals surface area contributed by atoms with Gasteiger partial charge in [-0.3, -0.25) is 0 Å². The van der Waals surface area contributed by atoms with Crippen LogP contribution in [-0.2, 0) is 0 Å². The molecular formula is C15H26N4O. The number of aliphatic hydroxyl groups excluding tert-OH is 1. The number of nitrogens with one attached hydrogen (secondary N) is 1. The summed E-state index contributed by atoms with van der Waals surface area (Å²) in [7, 11) is 0. The fourth-order valence-corrected chi connectivity index (χ4v) is 2.57. The van der Waals surface area contributed by atoms with Gasteiger partial charge in [0.05, 0.1) is 0 Å². The fourth-order valence-electron chi connectivity index (χ4n) is 2.57. The summed E-state index contributed by atoms with van der Waals surface area (Å²) >= 11 is 0. The molecule has 1 unspecified atom stereocenters. The van der Waals surface area contributed by atoms with Gasteiger partial charge in [-0.1, -0.05) is 13.3 Å². The molecule has 0 aliphatic carbocycles. The van der Waals surface area contributed by atoms with E-state index < -0.39 is 0 Å². The Morgan fingerprint density at radius 2 is 2.30 bits per heavy atom. The number of aromatic nitrogens is 2. The summed E-state index contributed by atoms with van der Waals surface area (Å²) < 4.78 is 0. The number of hydrogen-bond donors (Lipinski definition) is 2. The van der Waals surface area contributed by atoms with Crippen molar-refractivity contribution in [3.05, 3.63) is 11.8 Å². The Labute approximate surface area is 121 Å². The molecule has 1 aliphatic heterocycles. The maximum absolute atomic E-state index is 9.33. The van der Waals surface area contributed by atoms with Crippen molar-refractivity contribution in [2.75, 3.05) is 36.5 Å². The van der Waals surface area contributed by atoms with Crippen LogP contribution in [0.4, 0.5) is 11.8 Å². The quantitative estimate of drug-likeness (QED) is 0.781. The van der Waals surface area contributed by atoms with Crippen LogP contribution in [0.2, 0.25) is 0 Å². The summed E-state index contributed by atoms with van der Waals surface area (Å²) in [5.41, 5.74) is 0.986. The molecule has 2 N–H and O–H groups in total. The van der Waals surface area contributed by atoms with E-state index in [9.17, 15) is 5.11 Å². The lowest BCUT2D eigenvalue weighted by atomic mass is 9.99. The molecule has 5 nitrogen and oxygen atoms in total. The summed E-state index contributed by atoms with van der Waals surface area (Å²) in [5.74, 6) is 2.05. The van der Waals surface area contributed by atoms with Crippen LogP contribution in [0.1, 0.15) is 38.3 Å². The molecule has 1 aromatic rings. The van der Waals surface area contributed by atoms with Crippen molar-refractivity contribution in [1.82, 2.24) is 9.97 Å². The van der Waals surface area contributed by atoms with Gasteiger partial charge < -0.3 is 15.3 Å². The molecule has 0 saturated carbocycles. The van der Waals surface area contributed by atoms with E-state index in [4.69, 9.17) is 0 Å². The van der Waals surface area contributed by atoms with Crippen molar-refractivity contribution < 1.29 is 5.11 Å². The van der Waals surface area contributed by atoms with Crippen molar-refractivity contribution in [2.24, 2.45) is 5.92 Å². The average molecular weight is 278 g/mol. The lowest BCUT2D eigenvalue weighted by Crippen LogP contribution is -2.38. The van der Waals surface area contributed by atoms with E-state index in [1.54, 1.807) is 0 Å². The van der Waals surface area contributed by atoms with Crippen LogP contribution in [0.25, 0.3) is 0 Å². The summed E-state index contributed by atoms with van der Waals surface area (Å²) in [6, 6.07) is 1.99. The number of nitrogens with zero attached hydrogens (tertiary/aromatic N) is 3. The second-order valence-corrected chi connectivity index (χ2v) is 5.61. The Morgan fingerprint density at radius 1 is 1.45 bits per heavy atom. The Morgan fingerprint density at radius 3 is 3.05 bits per heavy atom. The number of rotatable bonds is 6. The van der Waals surface area contributed by atoms with Crippen molar-refractivity contribution in [3.8, 4) is 0 Å². The van der Waals surface area contributed by atoms with E-state index in [-0.39, 0.29) is 6.61 Å². The molecule has 0 spiro atoms. The average Bonchev–Trinajstić information content (AvgIpc) is 2.47. The normalized spacial score (nSPS) is 19.1. The molecule has 20 heavy (non-hydrogen) atoms. The molecule has 0 radical (unpaired) electrons. The Bertz CT molecular complexity index is 424. The molecule has 1 saturated heterocycles. The zero-order chi connectivity index (χ0) is 14.4. The second-order valence-electron chi connectivity index (χ2n) is 5.61. The minimum atomic E-state index is 0.254. The summed E-state index contributed by atoms with van der Waals surface area (Å²) in [4.78, 5) is 11.4. The SMILES string of the molecule is CCCCNc1cc(C)nc(N2CCCC(CO)C2)n1. The molecule has 1 atom stereocenters. The highest BCUT2D eigenvalue weighted by molar-refractivity contribution is 5.43. The molecule has 1 aromatic heterocycles. The van der Waals surface area contributed by atoms with Gasteiger partial charge in [-0.25, -0.2) is 4.98 Å². The van der Waals surface area contributed by atoms with Crippen LogP contribution in [-0.4, -0.2) is 41.3 Å². The van der Waals surface area contributed by atoms with Crippen LogP contribution >= 0.6 is 0 Å². The number of unbranched alkanes of at least 4 members (excludes halogenated alkanes) is 1. The molecule has 112 valence electrons. The molecule has 1 aliphatic rings. The highest BCUT2D eigenvalue weighted by atomic mass is 16.3. The van der Waals surface area contributed by atoms with E-state index in [2.05, 4.69) is 27.1 Å². The number of anilines is 2. The van der Waals surface area contributed by atoms with Gasteiger partial charge in [0.2, 0.25) is 5.95 Å². The zero-order valence-corrected chi connectivity index (χ0v) is 12.6. The van der Waals surface area contributed by atoms with Crippen LogP contribution < -0.4 is 10.2 Å². The molecule has 0 amide bonds.